The van der Waals surface area contributed by atoms with Gasteiger partial charge in [-0.25, -0.2) is 4.98 Å². The second-order valence-electron chi connectivity index (χ2n) is 5.17. The summed E-state index contributed by atoms with van der Waals surface area (Å²) in [4.78, 5) is 18.3. The van der Waals surface area contributed by atoms with E-state index >= 15 is 0 Å². The number of carbonyl (C=O) groups is 1. The van der Waals surface area contributed by atoms with Crippen molar-refractivity contribution in [1.82, 2.24) is 15.3 Å². The van der Waals surface area contributed by atoms with Crippen molar-refractivity contribution in [2.45, 2.75) is 13.5 Å². The van der Waals surface area contributed by atoms with Crippen molar-refractivity contribution in [1.29, 1.82) is 5.26 Å². The lowest BCUT2D eigenvalue weighted by Crippen LogP contribution is -2.18. The minimum absolute atomic E-state index is 0.0777. The van der Waals surface area contributed by atoms with Crippen LogP contribution < -0.4 is 5.32 Å². The van der Waals surface area contributed by atoms with Crippen LogP contribution in [0.2, 0.25) is 5.02 Å². The Hall–Kier alpha value is -2.84. The third-order valence-corrected chi connectivity index (χ3v) is 3.79. The number of fused-ring (bicyclic) bond motifs is 1. The topological polar surface area (TPSA) is 81.6 Å². The Morgan fingerprint density at radius 2 is 2.22 bits per heavy atom. The normalized spacial score (nSPS) is 10.5. The number of carbonyl (C=O) groups excluding carboxylic acids is 1. The standard InChI is InChI=1S/C17H13ClN4O/c1-10(23)20-9-14-4-12-5-16(18)15(6-17(12)22-14)11-2-3-13(7-19)21-8-11/h2-6,8,22H,9H2,1H3,(H,20,23). The minimum Gasteiger partial charge on any atom is -0.357 e. The number of hydrogen-bond acceptors (Lipinski definition) is 3. The zero-order valence-electron chi connectivity index (χ0n) is 12.4. The average Bonchev–Trinajstić information content (AvgIpc) is 2.94. The molecule has 0 atom stereocenters. The summed E-state index contributed by atoms with van der Waals surface area (Å²) in [6, 6.07) is 11.2. The summed E-state index contributed by atoms with van der Waals surface area (Å²) < 4.78 is 0. The molecule has 1 aromatic carbocycles. The number of nitrogens with zero attached hydrogens (tertiary/aromatic N) is 2. The van der Waals surface area contributed by atoms with Gasteiger partial charge in [0.2, 0.25) is 5.91 Å². The molecule has 0 aliphatic rings. The van der Waals surface area contributed by atoms with Crippen LogP contribution in [-0.4, -0.2) is 15.9 Å². The van der Waals surface area contributed by atoms with Crippen LogP contribution in [0.5, 0.6) is 0 Å². The van der Waals surface area contributed by atoms with Crippen LogP contribution in [-0.2, 0) is 11.3 Å². The van der Waals surface area contributed by atoms with E-state index in [0.717, 1.165) is 27.7 Å². The van der Waals surface area contributed by atoms with Gasteiger partial charge in [0.15, 0.2) is 0 Å². The van der Waals surface area contributed by atoms with Gasteiger partial charge in [-0.1, -0.05) is 11.6 Å². The van der Waals surface area contributed by atoms with E-state index in [1.807, 2.05) is 30.3 Å². The SMILES string of the molecule is CC(=O)NCc1cc2cc(Cl)c(-c3ccc(C#N)nc3)cc2[nH]1. The second-order valence-corrected chi connectivity index (χ2v) is 5.57. The molecule has 6 heteroatoms. The number of benzene rings is 1. The van der Waals surface area contributed by atoms with Gasteiger partial charge in [-0.05, 0) is 30.3 Å². The molecule has 0 aliphatic heterocycles. The molecule has 2 N–H and O–H groups in total. The molecule has 0 bridgehead atoms. The maximum atomic E-state index is 11.0. The van der Waals surface area contributed by atoms with Gasteiger partial charge >= 0.3 is 0 Å². The summed E-state index contributed by atoms with van der Waals surface area (Å²) in [5.74, 6) is -0.0777. The van der Waals surface area contributed by atoms with Crippen molar-refractivity contribution in [3.63, 3.8) is 0 Å². The first-order valence-electron chi connectivity index (χ1n) is 6.99. The summed E-state index contributed by atoms with van der Waals surface area (Å²) in [7, 11) is 0. The number of H-pyrrole nitrogens is 1. The number of pyridine rings is 1. The molecule has 0 spiro atoms. The van der Waals surface area contributed by atoms with Gasteiger partial charge in [0.25, 0.3) is 0 Å². The van der Waals surface area contributed by atoms with Gasteiger partial charge in [-0.2, -0.15) is 5.26 Å². The summed E-state index contributed by atoms with van der Waals surface area (Å²) >= 11 is 6.37. The first-order chi connectivity index (χ1) is 11.1. The summed E-state index contributed by atoms with van der Waals surface area (Å²) in [5, 5.41) is 13.1. The van der Waals surface area contributed by atoms with E-state index in [4.69, 9.17) is 16.9 Å². The van der Waals surface area contributed by atoms with E-state index in [2.05, 4.69) is 15.3 Å². The van der Waals surface area contributed by atoms with Crippen molar-refractivity contribution in [2.75, 3.05) is 0 Å². The number of amides is 1. The number of nitriles is 1. The van der Waals surface area contributed by atoms with Crippen LogP contribution in [0.1, 0.15) is 18.3 Å². The number of halogens is 1. The number of rotatable bonds is 3. The molecule has 0 saturated carbocycles. The van der Waals surface area contributed by atoms with Gasteiger partial charge in [-0.3, -0.25) is 4.79 Å². The molecule has 114 valence electrons. The Kier molecular flexibility index (Phi) is 4.00. The predicted octanol–water partition coefficient (Wildman–Crippen LogP) is 3.39. The Bertz CT molecular complexity index is 922. The predicted molar refractivity (Wildman–Crippen MR) is 88.8 cm³/mol. The highest BCUT2D eigenvalue weighted by Gasteiger charge is 2.09. The van der Waals surface area contributed by atoms with Crippen molar-refractivity contribution in [3.05, 3.63) is 52.9 Å². The van der Waals surface area contributed by atoms with E-state index < -0.39 is 0 Å². The quantitative estimate of drug-likeness (QED) is 0.774. The van der Waals surface area contributed by atoms with Gasteiger partial charge in [0, 0.05) is 45.9 Å². The lowest BCUT2D eigenvalue weighted by molar-refractivity contribution is -0.119. The zero-order chi connectivity index (χ0) is 16.4. The van der Waals surface area contributed by atoms with Crippen molar-refractivity contribution >= 4 is 28.4 Å². The number of aromatic amines is 1. The summed E-state index contributed by atoms with van der Waals surface area (Å²) in [6.07, 6.45) is 1.63. The lowest BCUT2D eigenvalue weighted by Gasteiger charge is -2.04. The molecule has 2 aromatic heterocycles. The molecule has 2 heterocycles. The Morgan fingerprint density at radius 1 is 1.39 bits per heavy atom. The molecule has 23 heavy (non-hydrogen) atoms. The van der Waals surface area contributed by atoms with E-state index in [-0.39, 0.29) is 5.91 Å². The molecular formula is C17H13ClN4O. The van der Waals surface area contributed by atoms with E-state index in [1.54, 1.807) is 12.3 Å². The first-order valence-corrected chi connectivity index (χ1v) is 7.36. The van der Waals surface area contributed by atoms with Gasteiger partial charge in [-0.15, -0.1) is 0 Å². The largest absolute Gasteiger partial charge is 0.357 e. The Balaban J connectivity index is 1.99. The monoisotopic (exact) mass is 324 g/mol. The van der Waals surface area contributed by atoms with E-state index in [1.165, 1.54) is 6.92 Å². The number of hydrogen-bond donors (Lipinski definition) is 2. The molecule has 1 amide bonds. The maximum absolute atomic E-state index is 11.0. The van der Waals surface area contributed by atoms with Crippen molar-refractivity contribution in [3.8, 4) is 17.2 Å². The number of nitrogens with one attached hydrogen (secondary N) is 2. The fourth-order valence-corrected chi connectivity index (χ4v) is 2.65. The molecule has 0 saturated heterocycles. The maximum Gasteiger partial charge on any atom is 0.217 e. The Labute approximate surface area is 137 Å². The highest BCUT2D eigenvalue weighted by atomic mass is 35.5. The summed E-state index contributed by atoms with van der Waals surface area (Å²) in [5.41, 5.74) is 3.87. The van der Waals surface area contributed by atoms with Gasteiger partial charge in [0.05, 0.1) is 6.54 Å². The van der Waals surface area contributed by atoms with Crippen LogP contribution >= 0.6 is 11.6 Å². The molecule has 3 rings (SSSR count). The van der Waals surface area contributed by atoms with Crippen LogP contribution in [0.15, 0.2) is 36.5 Å². The third-order valence-electron chi connectivity index (χ3n) is 3.48. The third kappa shape index (κ3) is 3.17. The molecule has 0 aliphatic carbocycles. The molecule has 0 fully saturated rings. The smallest absolute Gasteiger partial charge is 0.217 e. The second kappa shape index (κ2) is 6.11. The molecule has 3 aromatic rings. The summed E-state index contributed by atoms with van der Waals surface area (Å²) in [6.45, 7) is 1.92. The lowest BCUT2D eigenvalue weighted by atomic mass is 10.1. The van der Waals surface area contributed by atoms with Gasteiger partial charge < -0.3 is 10.3 Å². The molecular weight excluding hydrogens is 312 g/mol. The van der Waals surface area contributed by atoms with Crippen LogP contribution in [0.4, 0.5) is 0 Å². The first kappa shape index (κ1) is 15.1. The fraction of sp³-hybridized carbons (Fsp3) is 0.118. The minimum atomic E-state index is -0.0777. The Morgan fingerprint density at radius 3 is 2.87 bits per heavy atom. The van der Waals surface area contributed by atoms with Crippen LogP contribution in [0.3, 0.4) is 0 Å². The molecule has 0 radical (unpaired) electrons. The highest BCUT2D eigenvalue weighted by molar-refractivity contribution is 6.34. The van der Waals surface area contributed by atoms with Crippen LogP contribution in [0.25, 0.3) is 22.0 Å². The van der Waals surface area contributed by atoms with Crippen LogP contribution in [0, 0.1) is 11.3 Å². The van der Waals surface area contributed by atoms with Gasteiger partial charge in [0.1, 0.15) is 11.8 Å². The molecule has 0 unspecified atom stereocenters. The average molecular weight is 325 g/mol. The van der Waals surface area contributed by atoms with E-state index in [0.29, 0.717) is 17.3 Å². The number of aromatic nitrogens is 2. The fourth-order valence-electron chi connectivity index (χ4n) is 2.37. The zero-order valence-corrected chi connectivity index (χ0v) is 13.1. The van der Waals surface area contributed by atoms with E-state index in [9.17, 15) is 4.79 Å². The highest BCUT2D eigenvalue weighted by Crippen LogP contribution is 2.32. The van der Waals surface area contributed by atoms with Crippen molar-refractivity contribution in [2.24, 2.45) is 0 Å². The molecule has 5 nitrogen and oxygen atoms in total. The van der Waals surface area contributed by atoms with Crippen molar-refractivity contribution < 1.29 is 4.79 Å².